The lowest BCUT2D eigenvalue weighted by molar-refractivity contribution is -0.00471. The molecule has 0 amide bonds. The van der Waals surface area contributed by atoms with Gasteiger partial charge >= 0.3 is 0 Å². The van der Waals surface area contributed by atoms with Crippen molar-refractivity contribution in [2.75, 3.05) is 18.6 Å². The fourth-order valence-corrected chi connectivity index (χ4v) is 18.9. The highest BCUT2D eigenvalue weighted by atomic mass is 32.3. The van der Waals surface area contributed by atoms with Crippen LogP contribution < -0.4 is 0 Å². The van der Waals surface area contributed by atoms with Crippen LogP contribution in [0.15, 0.2) is 18.2 Å². The predicted octanol–water partition coefficient (Wildman–Crippen LogP) is 13.6. The molecule has 12 atom stereocenters. The van der Waals surface area contributed by atoms with Crippen LogP contribution in [0, 0.1) is 53.3 Å². The Morgan fingerprint density at radius 1 is 0.633 bits per heavy atom. The first-order valence-corrected chi connectivity index (χ1v) is 23.5. The fourth-order valence-electron chi connectivity index (χ4n) is 12.5. The van der Waals surface area contributed by atoms with E-state index in [1.165, 1.54) is 57.1 Å². The Morgan fingerprint density at radius 3 is 1.76 bits per heavy atom. The third-order valence-electron chi connectivity index (χ3n) is 15.2. The quantitative estimate of drug-likeness (QED) is 0.222. The number of ether oxygens (including phenoxy) is 1. The summed E-state index contributed by atoms with van der Waals surface area (Å²) in [5.41, 5.74) is 5.19. The van der Waals surface area contributed by atoms with Crippen molar-refractivity contribution >= 4 is 10.0 Å². The maximum absolute atomic E-state index is 6.10. The Hall–Kier alpha value is -0.470. The van der Waals surface area contributed by atoms with E-state index in [1.54, 1.807) is 23.1 Å². The molecule has 4 fully saturated rings. The molecule has 1 aromatic rings. The van der Waals surface area contributed by atoms with E-state index in [2.05, 4.69) is 121 Å². The molecule has 0 heterocycles. The Labute approximate surface area is 308 Å². The summed E-state index contributed by atoms with van der Waals surface area (Å²) in [4.78, 5) is 0. The lowest BCUT2D eigenvalue weighted by atomic mass is 9.61. The van der Waals surface area contributed by atoms with Crippen molar-refractivity contribution in [1.82, 2.24) is 0 Å². The molecule has 49 heavy (non-hydrogen) atoms. The predicted molar refractivity (Wildman–Crippen MR) is 220 cm³/mol. The first-order valence-electron chi connectivity index (χ1n) is 21.2. The van der Waals surface area contributed by atoms with E-state index in [0.29, 0.717) is 0 Å². The molecule has 1 nitrogen and oxygen atoms in total. The lowest BCUT2D eigenvalue weighted by Crippen LogP contribution is -2.44. The molecule has 0 radical (unpaired) electrons. The van der Waals surface area contributed by atoms with E-state index in [-0.39, 0.29) is 16.4 Å². The van der Waals surface area contributed by atoms with Gasteiger partial charge in [-0.1, -0.05) is 120 Å². The van der Waals surface area contributed by atoms with Gasteiger partial charge in [-0.3, -0.25) is 0 Å². The molecule has 4 aliphatic carbocycles. The van der Waals surface area contributed by atoms with Crippen molar-refractivity contribution < 1.29 is 4.74 Å². The highest BCUT2D eigenvalue weighted by molar-refractivity contribution is 8.34. The Balaban J connectivity index is 1.50. The second kappa shape index (κ2) is 14.7. The third kappa shape index (κ3) is 8.21. The summed E-state index contributed by atoms with van der Waals surface area (Å²) in [6.45, 7) is 35.4. The van der Waals surface area contributed by atoms with Crippen molar-refractivity contribution in [3.8, 4) is 0 Å². The van der Waals surface area contributed by atoms with Crippen molar-refractivity contribution in [1.29, 1.82) is 0 Å². The van der Waals surface area contributed by atoms with Gasteiger partial charge in [0, 0.05) is 6.61 Å². The van der Waals surface area contributed by atoms with Gasteiger partial charge in [0.15, 0.2) is 0 Å². The van der Waals surface area contributed by atoms with Crippen LogP contribution in [-0.4, -0.2) is 34.7 Å². The second-order valence-corrected chi connectivity index (χ2v) is 25.6. The number of hydrogen-bond donors (Lipinski definition) is 0. The van der Waals surface area contributed by atoms with E-state index in [4.69, 9.17) is 4.74 Å². The van der Waals surface area contributed by atoms with Crippen LogP contribution in [0.4, 0.5) is 0 Å². The van der Waals surface area contributed by atoms with Crippen LogP contribution in [0.25, 0.3) is 0 Å². The van der Waals surface area contributed by atoms with Crippen molar-refractivity contribution in [2.45, 2.75) is 188 Å². The van der Waals surface area contributed by atoms with Crippen LogP contribution in [0.1, 0.15) is 177 Å². The van der Waals surface area contributed by atoms with Crippen molar-refractivity contribution in [3.05, 3.63) is 34.9 Å². The normalized spacial score (nSPS) is 38.7. The van der Waals surface area contributed by atoms with Gasteiger partial charge in [-0.25, -0.2) is 10.0 Å². The van der Waals surface area contributed by atoms with Gasteiger partial charge in [0.05, 0.1) is 5.60 Å². The summed E-state index contributed by atoms with van der Waals surface area (Å²) in [7, 11) is -0.824. The van der Waals surface area contributed by atoms with E-state index in [0.717, 1.165) is 76.3 Å². The summed E-state index contributed by atoms with van der Waals surface area (Å²) in [5.74, 6) is 10.2. The molecule has 0 spiro atoms. The zero-order chi connectivity index (χ0) is 36.3. The van der Waals surface area contributed by atoms with Crippen LogP contribution in [-0.2, 0) is 15.6 Å². The molecule has 12 unspecified atom stereocenters. The summed E-state index contributed by atoms with van der Waals surface area (Å²) in [6.07, 6.45) is 15.7. The highest BCUT2D eigenvalue weighted by Crippen LogP contribution is 2.73. The van der Waals surface area contributed by atoms with Crippen molar-refractivity contribution in [3.63, 3.8) is 0 Å². The fraction of sp³-hybridized carbons (Fsp3) is 0.872. The molecule has 0 aromatic heterocycles. The topological polar surface area (TPSA) is 9.23 Å². The molecule has 4 aliphatic rings. The summed E-state index contributed by atoms with van der Waals surface area (Å²) >= 11 is 0. The lowest BCUT2D eigenvalue weighted by Gasteiger charge is -2.56. The standard InChI is InChI=1S/C47H82OS/c1-30-25-40-41(28-35-21-20-22-39(35)42(40)36-26-37(45(6,7)8)29-38(27-36)46(9,10)11)43(30)49(15,44-33(4)31(2)32(3)34(44)5)24-19-17-16-18-23-48-47(12,13)14/h26-27,29-35,39-44H,16-25,28H2,1-15H3. The molecule has 5 rings (SSSR count). The molecule has 0 saturated heterocycles. The van der Waals surface area contributed by atoms with Gasteiger partial charge in [0.2, 0.25) is 0 Å². The van der Waals surface area contributed by atoms with Crippen LogP contribution >= 0.6 is 10.0 Å². The van der Waals surface area contributed by atoms with Gasteiger partial charge in [0.25, 0.3) is 0 Å². The number of rotatable bonds is 10. The maximum Gasteiger partial charge on any atom is 0.0598 e. The summed E-state index contributed by atoms with van der Waals surface area (Å²) in [6, 6.07) is 8.00. The zero-order valence-corrected chi connectivity index (χ0v) is 36.1. The molecular formula is C47H82OS. The average molecular weight is 695 g/mol. The SMILES string of the molecule is CC1CC2C(CC3CCCC3C2c2cc(C(C)(C)C)cc(C(C)(C)C)c2)C1S(C)(CCCCCCOC(C)(C)C)C1C(C)C(C)C(C)C1C. The molecule has 4 saturated carbocycles. The van der Waals surface area contributed by atoms with E-state index in [9.17, 15) is 0 Å². The minimum Gasteiger partial charge on any atom is -0.376 e. The highest BCUT2D eigenvalue weighted by Gasteiger charge is 2.60. The van der Waals surface area contributed by atoms with Gasteiger partial charge in [-0.05, 0) is 162 Å². The number of unbranched alkanes of at least 4 members (excludes halogenated alkanes) is 3. The summed E-state index contributed by atoms with van der Waals surface area (Å²) < 4.78 is 6.10. The monoisotopic (exact) mass is 695 g/mol. The zero-order valence-electron chi connectivity index (χ0n) is 35.3. The third-order valence-corrected chi connectivity index (χ3v) is 20.6. The Kier molecular flexibility index (Phi) is 12.0. The minimum absolute atomic E-state index is 0.0153. The van der Waals surface area contributed by atoms with E-state index >= 15 is 0 Å². The van der Waals surface area contributed by atoms with Gasteiger partial charge < -0.3 is 4.74 Å². The van der Waals surface area contributed by atoms with Gasteiger partial charge in [0.1, 0.15) is 0 Å². The molecule has 0 N–H and O–H groups in total. The number of fused-ring (bicyclic) bond motifs is 2. The van der Waals surface area contributed by atoms with E-state index in [1.807, 2.05) is 0 Å². The Morgan fingerprint density at radius 2 is 1.20 bits per heavy atom. The first kappa shape index (κ1) is 39.7. The molecule has 0 bridgehead atoms. The molecule has 0 aliphatic heterocycles. The molecular weight excluding hydrogens is 613 g/mol. The maximum atomic E-state index is 6.10. The largest absolute Gasteiger partial charge is 0.376 e. The van der Waals surface area contributed by atoms with Crippen molar-refractivity contribution in [2.24, 2.45) is 53.3 Å². The number of hydrogen-bond acceptors (Lipinski definition) is 1. The van der Waals surface area contributed by atoms with Gasteiger partial charge in [-0.2, -0.15) is 0 Å². The van der Waals surface area contributed by atoms with Crippen LogP contribution in [0.3, 0.4) is 0 Å². The number of benzene rings is 1. The first-order chi connectivity index (χ1) is 22.6. The van der Waals surface area contributed by atoms with E-state index < -0.39 is 10.0 Å². The molecule has 282 valence electrons. The molecule has 1 aromatic carbocycles. The minimum atomic E-state index is -0.824. The molecule has 2 heteroatoms. The summed E-state index contributed by atoms with van der Waals surface area (Å²) in [5, 5.41) is 1.86. The van der Waals surface area contributed by atoms with Gasteiger partial charge in [-0.15, -0.1) is 0 Å². The Bertz CT molecular complexity index is 1200. The second-order valence-electron chi connectivity index (χ2n) is 21.7. The smallest absolute Gasteiger partial charge is 0.0598 e. The van der Waals surface area contributed by atoms with Crippen LogP contribution in [0.2, 0.25) is 0 Å². The average Bonchev–Trinajstić information content (AvgIpc) is 3.64. The van der Waals surface area contributed by atoms with Crippen LogP contribution in [0.5, 0.6) is 0 Å².